The first-order valence-corrected chi connectivity index (χ1v) is 6.56. The number of anilines is 1. The van der Waals surface area contributed by atoms with Crippen LogP contribution < -0.4 is 5.73 Å². The highest BCUT2D eigenvalue weighted by molar-refractivity contribution is 5.78. The van der Waals surface area contributed by atoms with Crippen molar-refractivity contribution in [1.82, 2.24) is 14.9 Å². The number of likely N-dealkylation sites (N-methyl/N-ethyl adjacent to an activating group) is 1. The molecular formula is C14H19N5. The summed E-state index contributed by atoms with van der Waals surface area (Å²) in [7, 11) is 0. The predicted molar refractivity (Wildman–Crippen MR) is 76.6 cm³/mol. The van der Waals surface area contributed by atoms with E-state index in [1.807, 2.05) is 18.2 Å². The maximum atomic E-state index is 8.61. The van der Waals surface area contributed by atoms with Crippen LogP contribution in [0, 0.1) is 11.3 Å². The second kappa shape index (κ2) is 6.21. The van der Waals surface area contributed by atoms with Crippen molar-refractivity contribution in [3.8, 4) is 6.07 Å². The van der Waals surface area contributed by atoms with E-state index in [0.29, 0.717) is 6.42 Å². The smallest absolute Gasteiger partial charge is 0.108 e. The molecule has 0 aliphatic heterocycles. The van der Waals surface area contributed by atoms with Gasteiger partial charge in [0.15, 0.2) is 0 Å². The number of hydrogen-bond acceptors (Lipinski definition) is 4. The van der Waals surface area contributed by atoms with E-state index in [-0.39, 0.29) is 0 Å². The Labute approximate surface area is 113 Å². The molecule has 2 aromatic rings. The Kier molecular flexibility index (Phi) is 4.37. The third-order valence-electron chi connectivity index (χ3n) is 3.21. The summed E-state index contributed by atoms with van der Waals surface area (Å²) in [5.41, 5.74) is 8.42. The van der Waals surface area contributed by atoms with E-state index in [0.717, 1.165) is 48.6 Å². The van der Waals surface area contributed by atoms with Crippen molar-refractivity contribution in [2.24, 2.45) is 0 Å². The Morgan fingerprint density at radius 3 is 3.00 bits per heavy atom. The minimum Gasteiger partial charge on any atom is -0.399 e. The van der Waals surface area contributed by atoms with Gasteiger partial charge in [0.2, 0.25) is 0 Å². The first-order chi connectivity index (χ1) is 9.22. The number of aromatic amines is 1. The highest BCUT2D eigenvalue weighted by Gasteiger charge is 2.06. The molecule has 1 heterocycles. The molecule has 0 radical (unpaired) electrons. The molecule has 0 amide bonds. The molecule has 0 saturated carbocycles. The Morgan fingerprint density at radius 2 is 2.26 bits per heavy atom. The summed E-state index contributed by atoms with van der Waals surface area (Å²) in [6, 6.07) is 7.87. The van der Waals surface area contributed by atoms with Crippen molar-refractivity contribution in [3.05, 3.63) is 24.0 Å². The molecule has 0 atom stereocenters. The number of benzene rings is 1. The van der Waals surface area contributed by atoms with Crippen LogP contribution in [0.3, 0.4) is 0 Å². The van der Waals surface area contributed by atoms with Gasteiger partial charge in [0.05, 0.1) is 17.1 Å². The highest BCUT2D eigenvalue weighted by atomic mass is 15.1. The molecule has 1 aromatic carbocycles. The van der Waals surface area contributed by atoms with Gasteiger partial charge in [-0.15, -0.1) is 0 Å². The maximum absolute atomic E-state index is 8.61. The van der Waals surface area contributed by atoms with Gasteiger partial charge in [-0.1, -0.05) is 6.92 Å². The Balaban J connectivity index is 1.99. The largest absolute Gasteiger partial charge is 0.399 e. The average Bonchev–Trinajstić information content (AvgIpc) is 2.81. The number of H-pyrrole nitrogens is 1. The zero-order valence-electron chi connectivity index (χ0n) is 11.2. The van der Waals surface area contributed by atoms with Gasteiger partial charge in [0.25, 0.3) is 0 Å². The van der Waals surface area contributed by atoms with Crippen LogP contribution >= 0.6 is 0 Å². The molecule has 5 nitrogen and oxygen atoms in total. The van der Waals surface area contributed by atoms with Crippen LogP contribution in [-0.4, -0.2) is 34.5 Å². The van der Waals surface area contributed by atoms with E-state index in [2.05, 4.69) is 27.9 Å². The normalized spacial score (nSPS) is 11.0. The second-order valence-corrected chi connectivity index (χ2v) is 4.55. The van der Waals surface area contributed by atoms with Crippen molar-refractivity contribution in [3.63, 3.8) is 0 Å². The van der Waals surface area contributed by atoms with Gasteiger partial charge < -0.3 is 15.6 Å². The number of nitriles is 1. The van der Waals surface area contributed by atoms with Crippen molar-refractivity contribution in [2.75, 3.05) is 25.4 Å². The van der Waals surface area contributed by atoms with Crippen molar-refractivity contribution in [2.45, 2.75) is 19.8 Å². The first kappa shape index (κ1) is 13.4. The van der Waals surface area contributed by atoms with Crippen LogP contribution in [0.15, 0.2) is 18.2 Å². The molecule has 0 unspecified atom stereocenters. The second-order valence-electron chi connectivity index (χ2n) is 4.55. The fourth-order valence-corrected chi connectivity index (χ4v) is 2.10. The van der Waals surface area contributed by atoms with Gasteiger partial charge >= 0.3 is 0 Å². The van der Waals surface area contributed by atoms with Crippen LogP contribution in [0.1, 0.15) is 19.2 Å². The summed E-state index contributed by atoms with van der Waals surface area (Å²) in [6.45, 7) is 4.79. The molecule has 1 aromatic heterocycles. The molecule has 0 aliphatic carbocycles. The molecule has 2 rings (SSSR count). The van der Waals surface area contributed by atoms with Gasteiger partial charge in [-0.3, -0.25) is 0 Å². The molecular weight excluding hydrogens is 238 g/mol. The lowest BCUT2D eigenvalue weighted by Crippen LogP contribution is -2.27. The summed E-state index contributed by atoms with van der Waals surface area (Å²) in [4.78, 5) is 10.1. The van der Waals surface area contributed by atoms with Crippen LogP contribution in [-0.2, 0) is 6.42 Å². The molecule has 100 valence electrons. The molecule has 0 saturated heterocycles. The maximum Gasteiger partial charge on any atom is 0.108 e. The monoisotopic (exact) mass is 257 g/mol. The SMILES string of the molecule is CCN(CCC#N)CCc1nc2ccc(N)cc2[nH]1. The number of nitrogens with zero attached hydrogens (tertiary/aromatic N) is 3. The fraction of sp³-hybridized carbons (Fsp3) is 0.429. The van der Waals surface area contributed by atoms with Crippen molar-refractivity contribution >= 4 is 16.7 Å². The topological polar surface area (TPSA) is 81.7 Å². The standard InChI is InChI=1S/C14H19N5/c1-2-19(8-3-7-15)9-6-14-17-12-5-4-11(16)10-13(12)18-14/h4-5,10H,2-3,6,8-9,16H2,1H3,(H,17,18). The lowest BCUT2D eigenvalue weighted by Gasteiger charge is -2.17. The third kappa shape index (κ3) is 3.46. The van der Waals surface area contributed by atoms with E-state index < -0.39 is 0 Å². The zero-order chi connectivity index (χ0) is 13.7. The van der Waals surface area contributed by atoms with Crippen LogP contribution in [0.5, 0.6) is 0 Å². The van der Waals surface area contributed by atoms with Crippen LogP contribution in [0.2, 0.25) is 0 Å². The summed E-state index contributed by atoms with van der Waals surface area (Å²) in [5.74, 6) is 0.969. The fourth-order valence-electron chi connectivity index (χ4n) is 2.10. The number of nitrogen functional groups attached to an aromatic ring is 1. The van der Waals surface area contributed by atoms with Gasteiger partial charge in [0.1, 0.15) is 5.82 Å². The molecule has 0 aliphatic rings. The zero-order valence-corrected chi connectivity index (χ0v) is 11.2. The summed E-state index contributed by atoms with van der Waals surface area (Å²) < 4.78 is 0. The Morgan fingerprint density at radius 1 is 1.42 bits per heavy atom. The molecule has 19 heavy (non-hydrogen) atoms. The average molecular weight is 257 g/mol. The van der Waals surface area contributed by atoms with Gasteiger partial charge in [-0.2, -0.15) is 5.26 Å². The minimum absolute atomic E-state index is 0.574. The van der Waals surface area contributed by atoms with Gasteiger partial charge in [0, 0.05) is 31.6 Å². The van der Waals surface area contributed by atoms with Crippen molar-refractivity contribution < 1.29 is 0 Å². The molecule has 3 N–H and O–H groups in total. The predicted octanol–water partition coefficient (Wildman–Crippen LogP) is 1.92. The number of imidazole rings is 1. The number of nitrogens with two attached hydrogens (primary N) is 1. The number of hydrogen-bond donors (Lipinski definition) is 2. The number of rotatable bonds is 6. The van der Waals surface area contributed by atoms with Crippen LogP contribution in [0.4, 0.5) is 5.69 Å². The highest BCUT2D eigenvalue weighted by Crippen LogP contribution is 2.15. The minimum atomic E-state index is 0.574. The number of aromatic nitrogens is 2. The van der Waals surface area contributed by atoms with E-state index in [9.17, 15) is 0 Å². The van der Waals surface area contributed by atoms with E-state index in [1.165, 1.54) is 0 Å². The summed E-state index contributed by atoms with van der Waals surface area (Å²) in [6.07, 6.45) is 1.43. The quantitative estimate of drug-likeness (QED) is 0.775. The number of nitrogens with one attached hydrogen (secondary N) is 1. The third-order valence-corrected chi connectivity index (χ3v) is 3.21. The summed E-state index contributed by atoms with van der Waals surface area (Å²) in [5, 5.41) is 8.61. The Bertz CT molecular complexity index is 581. The van der Waals surface area contributed by atoms with E-state index in [4.69, 9.17) is 11.0 Å². The van der Waals surface area contributed by atoms with E-state index in [1.54, 1.807) is 0 Å². The molecule has 0 bridgehead atoms. The lowest BCUT2D eigenvalue weighted by molar-refractivity contribution is 0.297. The van der Waals surface area contributed by atoms with Gasteiger partial charge in [-0.25, -0.2) is 4.98 Å². The van der Waals surface area contributed by atoms with Gasteiger partial charge in [-0.05, 0) is 24.7 Å². The van der Waals surface area contributed by atoms with Crippen LogP contribution in [0.25, 0.3) is 11.0 Å². The number of fused-ring (bicyclic) bond motifs is 1. The lowest BCUT2D eigenvalue weighted by atomic mass is 10.3. The molecule has 0 fully saturated rings. The van der Waals surface area contributed by atoms with E-state index >= 15 is 0 Å². The molecule has 0 spiro atoms. The van der Waals surface area contributed by atoms with Crippen molar-refractivity contribution in [1.29, 1.82) is 5.26 Å². The first-order valence-electron chi connectivity index (χ1n) is 6.56. The summed E-state index contributed by atoms with van der Waals surface area (Å²) >= 11 is 0. The Hall–Kier alpha value is -2.06. The molecule has 5 heteroatoms.